The van der Waals surface area contributed by atoms with Gasteiger partial charge in [-0.2, -0.15) is 16.4 Å². The molecule has 3 aromatic rings. The van der Waals surface area contributed by atoms with Gasteiger partial charge in [-0.15, -0.1) is 0 Å². The van der Waals surface area contributed by atoms with Crippen molar-refractivity contribution in [3.63, 3.8) is 0 Å². The number of piperidine rings is 1. The number of urea groups is 1. The molecule has 23 heavy (non-hydrogen) atoms. The van der Waals surface area contributed by atoms with Crippen LogP contribution < -0.4 is 5.32 Å². The highest BCUT2D eigenvalue weighted by Crippen LogP contribution is 2.28. The van der Waals surface area contributed by atoms with E-state index in [1.807, 2.05) is 11.0 Å². The standard InChI is InChI=1S/C17H18N4OS/c22-17(21-7-2-1-3-8-21)18-16-14-5-4-12(10-15(14)19-20-16)13-6-9-23-11-13/h4-6,9-11H,1-3,7-8H2,(H2,18,19,20,22). The molecule has 0 saturated carbocycles. The zero-order valence-corrected chi connectivity index (χ0v) is 13.5. The number of thiophene rings is 1. The quantitative estimate of drug-likeness (QED) is 0.737. The van der Waals surface area contributed by atoms with Crippen molar-refractivity contribution in [3.8, 4) is 11.1 Å². The maximum Gasteiger partial charge on any atom is 0.323 e. The predicted octanol–water partition coefficient (Wildman–Crippen LogP) is 4.31. The molecule has 1 saturated heterocycles. The first-order valence-electron chi connectivity index (χ1n) is 7.88. The number of hydrogen-bond acceptors (Lipinski definition) is 3. The first-order valence-corrected chi connectivity index (χ1v) is 8.82. The van der Waals surface area contributed by atoms with E-state index in [0.29, 0.717) is 5.82 Å². The van der Waals surface area contributed by atoms with Crippen LogP contribution in [-0.4, -0.2) is 34.2 Å². The predicted molar refractivity (Wildman–Crippen MR) is 93.8 cm³/mol. The molecule has 2 amide bonds. The van der Waals surface area contributed by atoms with Gasteiger partial charge in [0.2, 0.25) is 0 Å². The van der Waals surface area contributed by atoms with E-state index in [0.717, 1.165) is 42.4 Å². The van der Waals surface area contributed by atoms with Crippen LogP contribution in [0.5, 0.6) is 0 Å². The number of aromatic amines is 1. The number of benzene rings is 1. The molecular weight excluding hydrogens is 308 g/mol. The Bertz CT molecular complexity index is 818. The van der Waals surface area contributed by atoms with Crippen LogP contribution in [0.2, 0.25) is 0 Å². The van der Waals surface area contributed by atoms with Gasteiger partial charge in [-0.1, -0.05) is 6.07 Å². The van der Waals surface area contributed by atoms with Crippen LogP contribution in [0.1, 0.15) is 19.3 Å². The highest BCUT2D eigenvalue weighted by molar-refractivity contribution is 7.08. The van der Waals surface area contributed by atoms with Crippen LogP contribution in [0.25, 0.3) is 22.0 Å². The number of amides is 2. The van der Waals surface area contributed by atoms with Gasteiger partial charge in [-0.05, 0) is 59.3 Å². The van der Waals surface area contributed by atoms with Crippen LogP contribution in [0.4, 0.5) is 10.6 Å². The number of anilines is 1. The molecule has 0 aliphatic carbocycles. The molecule has 0 bridgehead atoms. The molecule has 2 N–H and O–H groups in total. The lowest BCUT2D eigenvalue weighted by molar-refractivity contribution is 0.200. The van der Waals surface area contributed by atoms with Gasteiger partial charge >= 0.3 is 6.03 Å². The fourth-order valence-electron chi connectivity index (χ4n) is 3.00. The van der Waals surface area contributed by atoms with Crippen molar-refractivity contribution < 1.29 is 4.79 Å². The molecule has 2 aromatic heterocycles. The first kappa shape index (κ1) is 14.3. The van der Waals surface area contributed by atoms with E-state index >= 15 is 0 Å². The van der Waals surface area contributed by atoms with Gasteiger partial charge in [0.05, 0.1) is 5.52 Å². The van der Waals surface area contributed by atoms with E-state index in [1.165, 1.54) is 12.0 Å². The smallest absolute Gasteiger partial charge is 0.323 e. The summed E-state index contributed by atoms with van der Waals surface area (Å²) in [5, 5.41) is 15.4. The number of hydrogen-bond donors (Lipinski definition) is 2. The molecule has 5 nitrogen and oxygen atoms in total. The number of rotatable bonds is 2. The van der Waals surface area contributed by atoms with Gasteiger partial charge in [-0.3, -0.25) is 10.4 Å². The molecule has 6 heteroatoms. The lowest BCUT2D eigenvalue weighted by Crippen LogP contribution is -2.38. The first-order chi connectivity index (χ1) is 11.3. The molecule has 0 radical (unpaired) electrons. The van der Waals surface area contributed by atoms with E-state index in [4.69, 9.17) is 0 Å². The van der Waals surface area contributed by atoms with Crippen LogP contribution in [0, 0.1) is 0 Å². The molecule has 1 aliphatic heterocycles. The van der Waals surface area contributed by atoms with E-state index in [-0.39, 0.29) is 6.03 Å². The second-order valence-electron chi connectivity index (χ2n) is 5.82. The normalized spacial score (nSPS) is 15.0. The number of fused-ring (bicyclic) bond motifs is 1. The number of carbonyl (C=O) groups is 1. The van der Waals surface area contributed by atoms with Gasteiger partial charge in [0, 0.05) is 18.5 Å². The summed E-state index contributed by atoms with van der Waals surface area (Å²) in [6.07, 6.45) is 3.37. The number of aromatic nitrogens is 2. The third-order valence-electron chi connectivity index (χ3n) is 4.29. The summed E-state index contributed by atoms with van der Waals surface area (Å²) in [7, 11) is 0. The second-order valence-corrected chi connectivity index (χ2v) is 6.60. The minimum atomic E-state index is -0.0555. The van der Waals surface area contributed by atoms with Gasteiger partial charge in [-0.25, -0.2) is 4.79 Å². The van der Waals surface area contributed by atoms with Crippen molar-refractivity contribution in [2.45, 2.75) is 19.3 Å². The summed E-state index contributed by atoms with van der Waals surface area (Å²) in [6.45, 7) is 1.66. The molecular formula is C17H18N4OS. The summed E-state index contributed by atoms with van der Waals surface area (Å²) in [5.41, 5.74) is 3.28. The molecule has 118 valence electrons. The average Bonchev–Trinajstić information content (AvgIpc) is 3.25. The summed E-state index contributed by atoms with van der Waals surface area (Å²) >= 11 is 1.68. The van der Waals surface area contributed by atoms with Crippen LogP contribution >= 0.6 is 11.3 Å². The molecule has 0 unspecified atom stereocenters. The van der Waals surface area contributed by atoms with Gasteiger partial charge in [0.1, 0.15) is 0 Å². The van der Waals surface area contributed by atoms with Crippen molar-refractivity contribution in [2.75, 3.05) is 18.4 Å². The van der Waals surface area contributed by atoms with Crippen LogP contribution in [0.3, 0.4) is 0 Å². The minimum Gasteiger partial charge on any atom is -0.324 e. The Morgan fingerprint density at radius 3 is 2.83 bits per heavy atom. The molecule has 0 spiro atoms. The molecule has 1 aromatic carbocycles. The zero-order chi connectivity index (χ0) is 15.6. The number of carbonyl (C=O) groups excluding carboxylic acids is 1. The summed E-state index contributed by atoms with van der Waals surface area (Å²) in [6, 6.07) is 8.19. The fourth-order valence-corrected chi connectivity index (χ4v) is 3.67. The van der Waals surface area contributed by atoms with E-state index < -0.39 is 0 Å². The second kappa shape index (κ2) is 6.04. The lowest BCUT2D eigenvalue weighted by Gasteiger charge is -2.26. The summed E-state index contributed by atoms with van der Waals surface area (Å²) in [5.74, 6) is 0.604. The molecule has 1 fully saturated rings. The van der Waals surface area contributed by atoms with Gasteiger partial charge in [0.25, 0.3) is 0 Å². The number of nitrogens with one attached hydrogen (secondary N) is 2. The fraction of sp³-hybridized carbons (Fsp3) is 0.294. The summed E-state index contributed by atoms with van der Waals surface area (Å²) < 4.78 is 0. The highest BCUT2D eigenvalue weighted by atomic mass is 32.1. The van der Waals surface area contributed by atoms with Crippen molar-refractivity contribution in [2.24, 2.45) is 0 Å². The molecule has 4 rings (SSSR count). The van der Waals surface area contributed by atoms with E-state index in [9.17, 15) is 4.79 Å². The van der Waals surface area contributed by atoms with Gasteiger partial charge < -0.3 is 4.90 Å². The van der Waals surface area contributed by atoms with Crippen molar-refractivity contribution in [1.82, 2.24) is 15.1 Å². The maximum absolute atomic E-state index is 12.3. The Labute approximate surface area is 138 Å². The Balaban J connectivity index is 1.57. The number of likely N-dealkylation sites (tertiary alicyclic amines) is 1. The van der Waals surface area contributed by atoms with E-state index in [1.54, 1.807) is 11.3 Å². The van der Waals surface area contributed by atoms with Crippen molar-refractivity contribution >= 4 is 34.1 Å². The average molecular weight is 326 g/mol. The zero-order valence-electron chi connectivity index (χ0n) is 12.7. The Kier molecular flexibility index (Phi) is 3.75. The van der Waals surface area contributed by atoms with Crippen LogP contribution in [0.15, 0.2) is 35.0 Å². The third kappa shape index (κ3) is 2.82. The Morgan fingerprint density at radius 1 is 1.17 bits per heavy atom. The SMILES string of the molecule is O=C(Nc1n[nH]c2cc(-c3ccsc3)ccc12)N1CCCCC1. The Hall–Kier alpha value is -2.34. The maximum atomic E-state index is 12.3. The number of nitrogens with zero attached hydrogens (tertiary/aromatic N) is 2. The monoisotopic (exact) mass is 326 g/mol. The van der Waals surface area contributed by atoms with Crippen molar-refractivity contribution in [1.29, 1.82) is 0 Å². The number of H-pyrrole nitrogens is 1. The summed E-state index contributed by atoms with van der Waals surface area (Å²) in [4.78, 5) is 14.2. The topological polar surface area (TPSA) is 61.0 Å². The van der Waals surface area contributed by atoms with E-state index in [2.05, 4.69) is 44.5 Å². The molecule has 3 heterocycles. The molecule has 0 atom stereocenters. The third-order valence-corrected chi connectivity index (χ3v) is 4.97. The van der Waals surface area contributed by atoms with Crippen LogP contribution in [-0.2, 0) is 0 Å². The Morgan fingerprint density at radius 2 is 2.04 bits per heavy atom. The molecule has 1 aliphatic rings. The largest absolute Gasteiger partial charge is 0.324 e. The lowest BCUT2D eigenvalue weighted by atomic mass is 10.1. The minimum absolute atomic E-state index is 0.0555. The van der Waals surface area contributed by atoms with Crippen molar-refractivity contribution in [3.05, 3.63) is 35.0 Å². The van der Waals surface area contributed by atoms with Gasteiger partial charge in [0.15, 0.2) is 5.82 Å². The highest BCUT2D eigenvalue weighted by Gasteiger charge is 2.18.